The Bertz CT molecular complexity index is 1550. The van der Waals surface area contributed by atoms with Crippen LogP contribution in [0.4, 0.5) is 4.79 Å². The highest BCUT2D eigenvalue weighted by atomic mass is 35.5. The Morgan fingerprint density at radius 2 is 1.21 bits per heavy atom. The van der Waals surface area contributed by atoms with Crippen molar-refractivity contribution in [3.8, 4) is 0 Å². The zero-order chi connectivity index (χ0) is 27.7. The molecule has 0 saturated carbocycles. The fraction of sp³-hybridized carbons (Fsp3) is 0.242. The van der Waals surface area contributed by atoms with Crippen molar-refractivity contribution in [3.63, 3.8) is 0 Å². The molecule has 0 aliphatic rings. The van der Waals surface area contributed by atoms with Crippen molar-refractivity contribution in [2.75, 3.05) is 0 Å². The summed E-state index contributed by atoms with van der Waals surface area (Å²) >= 11 is 0. The number of aromatic nitrogens is 4. The molecule has 0 aliphatic heterocycles. The average Bonchev–Trinajstić information content (AvgIpc) is 3.62. The lowest BCUT2D eigenvalue weighted by molar-refractivity contribution is -0.688. The van der Waals surface area contributed by atoms with E-state index in [1.807, 2.05) is 43.3 Å². The first-order valence-electron chi connectivity index (χ1n) is 13.6. The van der Waals surface area contributed by atoms with Crippen LogP contribution in [0.5, 0.6) is 0 Å². The molecule has 0 atom stereocenters. The van der Waals surface area contributed by atoms with Crippen molar-refractivity contribution in [2.45, 2.75) is 53.2 Å². The van der Waals surface area contributed by atoms with Crippen molar-refractivity contribution >= 4 is 6.16 Å². The van der Waals surface area contributed by atoms with Crippen LogP contribution in [0.15, 0.2) is 110 Å². The lowest BCUT2D eigenvalue weighted by atomic mass is 10.1. The number of imidazole rings is 2. The third kappa shape index (κ3) is 9.23. The number of ether oxygens (including phenoxy) is 2. The highest BCUT2D eigenvalue weighted by Gasteiger charge is 2.12. The molecule has 2 heterocycles. The van der Waals surface area contributed by atoms with Crippen LogP contribution in [0, 0.1) is 6.92 Å². The van der Waals surface area contributed by atoms with Gasteiger partial charge in [-0.05, 0) is 30.5 Å². The van der Waals surface area contributed by atoms with Gasteiger partial charge in [0.05, 0.1) is 6.54 Å². The van der Waals surface area contributed by atoms with E-state index in [0.29, 0.717) is 0 Å². The summed E-state index contributed by atoms with van der Waals surface area (Å²) in [4.78, 5) is 12.0. The lowest BCUT2D eigenvalue weighted by Crippen LogP contribution is -3.00. The van der Waals surface area contributed by atoms with E-state index in [1.54, 1.807) is 0 Å². The number of halogens is 2. The molecular formula is C33H36Cl2N4O3. The van der Waals surface area contributed by atoms with Crippen LogP contribution in [0.3, 0.4) is 0 Å². The molecule has 0 spiro atoms. The number of aryl methyl sites for hydroxylation is 2. The Labute approximate surface area is 259 Å². The van der Waals surface area contributed by atoms with Gasteiger partial charge in [0.15, 0.2) is 0 Å². The summed E-state index contributed by atoms with van der Waals surface area (Å²) in [5.74, 6) is 0. The molecule has 0 amide bonds. The Balaban J connectivity index is 0.00000242. The van der Waals surface area contributed by atoms with Gasteiger partial charge in [-0.25, -0.2) is 23.1 Å². The summed E-state index contributed by atoms with van der Waals surface area (Å²) in [7, 11) is 0. The SMILES string of the molecule is CCn1cc[n+](Cc2ccccc2Cn2cc[n+](Cc3ccc(COC(=O)OCc4ccc(C)cc4)cc3)c2)c1.[Cl-].[Cl-]. The molecule has 7 nitrogen and oxygen atoms in total. The summed E-state index contributed by atoms with van der Waals surface area (Å²) in [6.07, 6.45) is 12.1. The van der Waals surface area contributed by atoms with Gasteiger partial charge in [-0.2, -0.15) is 0 Å². The van der Waals surface area contributed by atoms with Crippen molar-refractivity contribution in [1.82, 2.24) is 9.13 Å². The summed E-state index contributed by atoms with van der Waals surface area (Å²) in [6, 6.07) is 24.6. The maximum absolute atomic E-state index is 12.0. The fourth-order valence-electron chi connectivity index (χ4n) is 4.57. The molecule has 42 heavy (non-hydrogen) atoms. The number of hydrogen-bond donors (Lipinski definition) is 0. The van der Waals surface area contributed by atoms with Crippen LogP contribution < -0.4 is 33.9 Å². The maximum Gasteiger partial charge on any atom is 0.508 e. The maximum atomic E-state index is 12.0. The smallest absolute Gasteiger partial charge is 0.508 e. The zero-order valence-electron chi connectivity index (χ0n) is 23.9. The molecule has 0 fully saturated rings. The predicted octanol–water partition coefficient (Wildman–Crippen LogP) is -0.801. The highest BCUT2D eigenvalue weighted by molar-refractivity contribution is 5.60. The molecule has 5 aromatic rings. The quantitative estimate of drug-likeness (QED) is 0.146. The summed E-state index contributed by atoms with van der Waals surface area (Å²) < 4.78 is 19.3. The van der Waals surface area contributed by atoms with E-state index in [1.165, 1.54) is 22.3 Å². The van der Waals surface area contributed by atoms with E-state index in [4.69, 9.17) is 9.47 Å². The van der Waals surface area contributed by atoms with Crippen LogP contribution >= 0.6 is 0 Å². The molecule has 5 rings (SSSR count). The first-order valence-corrected chi connectivity index (χ1v) is 13.6. The Hall–Kier alpha value is -4.07. The summed E-state index contributed by atoms with van der Waals surface area (Å²) in [6.45, 7) is 7.94. The topological polar surface area (TPSA) is 53.2 Å². The van der Waals surface area contributed by atoms with E-state index >= 15 is 0 Å². The molecule has 220 valence electrons. The summed E-state index contributed by atoms with van der Waals surface area (Å²) in [5.41, 5.74) is 6.82. The first kappa shape index (κ1) is 32.4. The standard InChI is InChI=1S/C33H36N4O3.2ClH/c1-3-34-16-17-36(25-34)21-31-6-4-5-7-32(31)22-37-19-18-35(26-37)20-28-12-14-30(15-13-28)24-40-33(38)39-23-29-10-8-27(2)9-11-29;;/h4-19,25-26H,3,20-24H2,1-2H3;2*1H/q+2;;/p-2. The van der Waals surface area contributed by atoms with Gasteiger partial charge in [-0.3, -0.25) is 0 Å². The normalized spacial score (nSPS) is 10.4. The molecule has 2 aromatic heterocycles. The fourth-order valence-corrected chi connectivity index (χ4v) is 4.57. The Kier molecular flexibility index (Phi) is 12.2. The largest absolute Gasteiger partial charge is 1.00 e. The van der Waals surface area contributed by atoms with E-state index in [9.17, 15) is 4.79 Å². The van der Waals surface area contributed by atoms with Crippen molar-refractivity contribution < 1.29 is 48.2 Å². The zero-order valence-corrected chi connectivity index (χ0v) is 25.4. The molecule has 3 aromatic carbocycles. The number of carbonyl (C=O) groups excluding carboxylic acids is 1. The van der Waals surface area contributed by atoms with Crippen LogP contribution in [0.1, 0.15) is 40.3 Å². The van der Waals surface area contributed by atoms with E-state index in [2.05, 4.69) is 99.0 Å². The van der Waals surface area contributed by atoms with Gasteiger partial charge in [0.2, 0.25) is 12.7 Å². The minimum Gasteiger partial charge on any atom is -1.00 e. The van der Waals surface area contributed by atoms with E-state index in [0.717, 1.165) is 37.3 Å². The van der Waals surface area contributed by atoms with Gasteiger partial charge >= 0.3 is 6.16 Å². The molecule has 0 aliphatic carbocycles. The Morgan fingerprint density at radius 1 is 0.690 bits per heavy atom. The summed E-state index contributed by atoms with van der Waals surface area (Å²) in [5, 5.41) is 0. The second-order valence-corrected chi connectivity index (χ2v) is 10.1. The first-order chi connectivity index (χ1) is 19.5. The number of benzene rings is 3. The molecule has 0 unspecified atom stereocenters. The van der Waals surface area contributed by atoms with Crippen LogP contribution in [0.25, 0.3) is 0 Å². The van der Waals surface area contributed by atoms with Gasteiger partial charge in [0.1, 0.15) is 57.6 Å². The second kappa shape index (κ2) is 15.8. The third-order valence-corrected chi connectivity index (χ3v) is 6.90. The van der Waals surface area contributed by atoms with Gasteiger partial charge in [-0.1, -0.05) is 78.4 Å². The van der Waals surface area contributed by atoms with E-state index in [-0.39, 0.29) is 38.0 Å². The minimum atomic E-state index is -0.666. The number of carbonyl (C=O) groups is 1. The third-order valence-electron chi connectivity index (χ3n) is 6.90. The molecule has 0 saturated heterocycles. The van der Waals surface area contributed by atoms with Gasteiger partial charge in [0, 0.05) is 11.1 Å². The average molecular weight is 608 g/mol. The minimum absolute atomic E-state index is 0. The van der Waals surface area contributed by atoms with Crippen molar-refractivity contribution in [2.24, 2.45) is 0 Å². The van der Waals surface area contributed by atoms with Crippen LogP contribution in [0.2, 0.25) is 0 Å². The van der Waals surface area contributed by atoms with Gasteiger partial charge < -0.3 is 34.3 Å². The molecule has 0 bridgehead atoms. The number of hydrogen-bond acceptors (Lipinski definition) is 3. The Morgan fingerprint density at radius 3 is 1.83 bits per heavy atom. The highest BCUT2D eigenvalue weighted by Crippen LogP contribution is 2.12. The van der Waals surface area contributed by atoms with Crippen molar-refractivity contribution in [3.05, 3.63) is 144 Å². The van der Waals surface area contributed by atoms with E-state index < -0.39 is 6.16 Å². The van der Waals surface area contributed by atoms with Crippen LogP contribution in [-0.2, 0) is 48.9 Å². The van der Waals surface area contributed by atoms with Crippen LogP contribution in [-0.4, -0.2) is 15.3 Å². The number of rotatable bonds is 11. The van der Waals surface area contributed by atoms with Gasteiger partial charge in [0.25, 0.3) is 0 Å². The lowest BCUT2D eigenvalue weighted by Gasteiger charge is -2.07. The number of nitrogens with zero attached hydrogens (tertiary/aromatic N) is 4. The second-order valence-electron chi connectivity index (χ2n) is 10.1. The molecule has 9 heteroatoms. The van der Waals surface area contributed by atoms with Gasteiger partial charge in [-0.15, -0.1) is 0 Å². The predicted molar refractivity (Wildman–Crippen MR) is 151 cm³/mol. The molecule has 0 radical (unpaired) electrons. The molecular weight excluding hydrogens is 571 g/mol. The molecule has 0 N–H and O–H groups in total. The van der Waals surface area contributed by atoms with Crippen molar-refractivity contribution in [1.29, 1.82) is 0 Å². The monoisotopic (exact) mass is 606 g/mol.